The maximum atomic E-state index is 13.5. The van der Waals surface area contributed by atoms with Gasteiger partial charge in [-0.2, -0.15) is 0 Å². The lowest BCUT2D eigenvalue weighted by Crippen LogP contribution is -2.40. The number of pyridine rings is 1. The minimum absolute atomic E-state index is 0.101. The number of carbonyl (C=O) groups excluding carboxylic acids is 1. The van der Waals surface area contributed by atoms with Gasteiger partial charge < -0.3 is 10.1 Å². The van der Waals surface area contributed by atoms with Gasteiger partial charge >= 0.3 is 0 Å². The van der Waals surface area contributed by atoms with Crippen molar-refractivity contribution in [3.63, 3.8) is 0 Å². The Morgan fingerprint density at radius 2 is 1.81 bits per heavy atom. The molecule has 0 aliphatic carbocycles. The molecule has 0 aliphatic heterocycles. The number of aryl methyl sites for hydroxylation is 1. The maximum absolute atomic E-state index is 13.5. The number of sulfonamides is 1. The zero-order valence-corrected chi connectivity index (χ0v) is 18.3. The van der Waals surface area contributed by atoms with E-state index in [2.05, 4.69) is 10.3 Å². The minimum Gasteiger partial charge on any atom is -0.492 e. The predicted molar refractivity (Wildman–Crippen MR) is 119 cm³/mol. The Kier molecular flexibility index (Phi) is 7.25. The average Bonchev–Trinajstić information content (AvgIpc) is 2.78. The Morgan fingerprint density at radius 1 is 1.06 bits per heavy atom. The van der Waals surface area contributed by atoms with Crippen molar-refractivity contribution >= 4 is 21.6 Å². The Morgan fingerprint density at radius 3 is 2.48 bits per heavy atom. The van der Waals surface area contributed by atoms with Gasteiger partial charge in [0.25, 0.3) is 10.0 Å². The van der Waals surface area contributed by atoms with Crippen molar-refractivity contribution in [3.05, 3.63) is 84.2 Å². The van der Waals surface area contributed by atoms with Crippen LogP contribution in [0, 0.1) is 6.92 Å². The molecule has 0 bridgehead atoms. The van der Waals surface area contributed by atoms with Crippen molar-refractivity contribution in [2.45, 2.75) is 25.3 Å². The Hall–Kier alpha value is -3.39. The smallest absolute Gasteiger partial charge is 0.264 e. The lowest BCUT2D eigenvalue weighted by atomic mass is 10.2. The lowest BCUT2D eigenvalue weighted by molar-refractivity contribution is -0.119. The highest BCUT2D eigenvalue weighted by Gasteiger charge is 2.29. The van der Waals surface area contributed by atoms with Crippen molar-refractivity contribution < 1.29 is 17.9 Å². The summed E-state index contributed by atoms with van der Waals surface area (Å²) in [6.07, 6.45) is 3.29. The summed E-state index contributed by atoms with van der Waals surface area (Å²) in [6, 6.07) is 16.9. The van der Waals surface area contributed by atoms with Gasteiger partial charge in [-0.05, 0) is 49.7 Å². The molecule has 0 unspecified atom stereocenters. The first-order valence-electron chi connectivity index (χ1n) is 9.88. The Bertz CT molecular complexity index is 1120. The second-order valence-electron chi connectivity index (χ2n) is 6.86. The molecule has 0 saturated carbocycles. The third kappa shape index (κ3) is 5.61. The highest BCUT2D eigenvalue weighted by atomic mass is 32.2. The van der Waals surface area contributed by atoms with E-state index >= 15 is 0 Å². The third-order valence-corrected chi connectivity index (χ3v) is 6.32. The van der Waals surface area contributed by atoms with Crippen LogP contribution in [0.4, 0.5) is 5.69 Å². The van der Waals surface area contributed by atoms with Gasteiger partial charge in [-0.15, -0.1) is 0 Å². The van der Waals surface area contributed by atoms with E-state index in [1.54, 1.807) is 54.9 Å². The molecule has 0 radical (unpaired) electrons. The normalized spacial score (nSPS) is 11.0. The van der Waals surface area contributed by atoms with Crippen molar-refractivity contribution in [2.24, 2.45) is 0 Å². The second-order valence-corrected chi connectivity index (χ2v) is 8.73. The van der Waals surface area contributed by atoms with Crippen LogP contribution in [0.25, 0.3) is 0 Å². The fourth-order valence-corrected chi connectivity index (χ4v) is 4.40. The van der Waals surface area contributed by atoms with Crippen molar-refractivity contribution in [3.8, 4) is 5.75 Å². The summed E-state index contributed by atoms with van der Waals surface area (Å²) >= 11 is 0. The molecule has 3 rings (SSSR count). The van der Waals surface area contributed by atoms with Crippen LogP contribution in [0.3, 0.4) is 0 Å². The molecule has 0 fully saturated rings. The fraction of sp³-hybridized carbons (Fsp3) is 0.217. The summed E-state index contributed by atoms with van der Waals surface area (Å²) in [6.45, 7) is 3.92. The van der Waals surface area contributed by atoms with E-state index in [0.29, 0.717) is 18.0 Å². The molecular formula is C23H25N3O4S. The van der Waals surface area contributed by atoms with E-state index in [0.717, 1.165) is 15.4 Å². The molecule has 3 aromatic rings. The van der Waals surface area contributed by atoms with Gasteiger partial charge in [-0.1, -0.05) is 35.9 Å². The molecule has 31 heavy (non-hydrogen) atoms. The zero-order chi connectivity index (χ0) is 22.3. The summed E-state index contributed by atoms with van der Waals surface area (Å²) < 4.78 is 33.7. The van der Waals surface area contributed by atoms with Gasteiger partial charge in [0.05, 0.1) is 17.2 Å². The average molecular weight is 440 g/mol. The van der Waals surface area contributed by atoms with Gasteiger partial charge in [0.1, 0.15) is 12.3 Å². The maximum Gasteiger partial charge on any atom is 0.264 e. The predicted octanol–water partition coefficient (Wildman–Crippen LogP) is 3.30. The van der Waals surface area contributed by atoms with E-state index in [1.807, 2.05) is 19.9 Å². The molecule has 7 nitrogen and oxygen atoms in total. The van der Waals surface area contributed by atoms with Gasteiger partial charge in [-0.3, -0.25) is 14.1 Å². The van der Waals surface area contributed by atoms with Crippen LogP contribution < -0.4 is 14.4 Å². The number of nitrogens with one attached hydrogen (secondary N) is 1. The van der Waals surface area contributed by atoms with E-state index in [1.165, 1.54) is 12.1 Å². The molecular weight excluding hydrogens is 414 g/mol. The van der Waals surface area contributed by atoms with E-state index in [9.17, 15) is 13.2 Å². The van der Waals surface area contributed by atoms with Crippen LogP contribution in [0.15, 0.2) is 78.0 Å². The number of rotatable bonds is 9. The SMILES string of the molecule is CCOc1ccccc1N(CC(=O)NCc1cccnc1)S(=O)(=O)c1ccc(C)cc1. The summed E-state index contributed by atoms with van der Waals surface area (Å²) in [4.78, 5) is 16.8. The van der Waals surface area contributed by atoms with Gasteiger partial charge in [-0.25, -0.2) is 8.42 Å². The quantitative estimate of drug-likeness (QED) is 0.553. The molecule has 0 atom stereocenters. The molecule has 8 heteroatoms. The van der Waals surface area contributed by atoms with Gasteiger partial charge in [0.15, 0.2) is 0 Å². The number of benzene rings is 2. The van der Waals surface area contributed by atoms with E-state index < -0.39 is 15.9 Å². The lowest BCUT2D eigenvalue weighted by Gasteiger charge is -2.26. The van der Waals surface area contributed by atoms with Crippen molar-refractivity contribution in [2.75, 3.05) is 17.5 Å². The molecule has 1 heterocycles. The van der Waals surface area contributed by atoms with Gasteiger partial charge in [0.2, 0.25) is 5.91 Å². The molecule has 1 aromatic heterocycles. The zero-order valence-electron chi connectivity index (χ0n) is 17.5. The number of hydrogen-bond acceptors (Lipinski definition) is 5. The highest BCUT2D eigenvalue weighted by Crippen LogP contribution is 2.32. The van der Waals surface area contributed by atoms with Crippen LogP contribution in [0.1, 0.15) is 18.1 Å². The van der Waals surface area contributed by atoms with E-state index in [4.69, 9.17) is 4.74 Å². The number of carbonyl (C=O) groups is 1. The molecule has 2 aromatic carbocycles. The number of anilines is 1. The molecule has 0 aliphatic rings. The number of hydrogen-bond donors (Lipinski definition) is 1. The molecule has 1 N–H and O–H groups in total. The standard InChI is InChI=1S/C23H25N3O4S/c1-3-30-22-9-5-4-8-21(22)26(31(28,29)20-12-10-18(2)11-13-20)17-23(27)25-16-19-7-6-14-24-15-19/h4-15H,3,16-17H2,1-2H3,(H,25,27). The molecule has 162 valence electrons. The minimum atomic E-state index is -4.01. The largest absolute Gasteiger partial charge is 0.492 e. The number of aromatic nitrogens is 1. The Balaban J connectivity index is 1.93. The van der Waals surface area contributed by atoms with Crippen LogP contribution >= 0.6 is 0 Å². The Labute approximate surface area is 182 Å². The highest BCUT2D eigenvalue weighted by molar-refractivity contribution is 7.92. The summed E-state index contributed by atoms with van der Waals surface area (Å²) in [5, 5.41) is 2.76. The van der Waals surface area contributed by atoms with Crippen molar-refractivity contribution in [1.29, 1.82) is 0 Å². The van der Waals surface area contributed by atoms with Gasteiger partial charge in [0, 0.05) is 18.9 Å². The molecule has 0 spiro atoms. The first-order chi connectivity index (χ1) is 14.9. The topological polar surface area (TPSA) is 88.6 Å². The summed E-state index contributed by atoms with van der Waals surface area (Å²) in [5.41, 5.74) is 2.06. The summed E-state index contributed by atoms with van der Waals surface area (Å²) in [7, 11) is -4.01. The monoisotopic (exact) mass is 439 g/mol. The molecule has 0 saturated heterocycles. The third-order valence-electron chi connectivity index (χ3n) is 4.54. The fourth-order valence-electron chi connectivity index (χ4n) is 2.97. The number of amides is 1. The van der Waals surface area contributed by atoms with Crippen molar-refractivity contribution in [1.82, 2.24) is 10.3 Å². The van der Waals surface area contributed by atoms with Crippen LogP contribution in [-0.4, -0.2) is 32.5 Å². The van der Waals surface area contributed by atoms with E-state index in [-0.39, 0.29) is 18.0 Å². The van der Waals surface area contributed by atoms with Crippen LogP contribution in [0.5, 0.6) is 5.75 Å². The van der Waals surface area contributed by atoms with Crippen LogP contribution in [-0.2, 0) is 21.4 Å². The molecule has 1 amide bonds. The first kappa shape index (κ1) is 22.3. The summed E-state index contributed by atoms with van der Waals surface area (Å²) in [5.74, 6) is -0.0495. The first-order valence-corrected chi connectivity index (χ1v) is 11.3. The number of nitrogens with zero attached hydrogens (tertiary/aromatic N) is 2. The van der Waals surface area contributed by atoms with Crippen LogP contribution in [0.2, 0.25) is 0 Å². The number of ether oxygens (including phenoxy) is 1. The second kappa shape index (κ2) is 10.1. The number of para-hydroxylation sites is 2.